The summed E-state index contributed by atoms with van der Waals surface area (Å²) in [4.78, 5) is 21.8. The number of alkyl halides is 7. The van der Waals surface area contributed by atoms with Crippen LogP contribution in [0.2, 0.25) is 0 Å². The van der Waals surface area contributed by atoms with Crippen molar-refractivity contribution in [3.05, 3.63) is 58.7 Å². The average molecular weight is 517 g/mol. The lowest BCUT2D eigenvalue weighted by molar-refractivity contribution is -0.138. The Balaban J connectivity index is 0.000000311. The van der Waals surface area contributed by atoms with Crippen LogP contribution in [0.4, 0.5) is 26.3 Å². The molecule has 0 unspecified atom stereocenters. The summed E-state index contributed by atoms with van der Waals surface area (Å²) in [5.41, 5.74) is -3.33. The van der Waals surface area contributed by atoms with Crippen molar-refractivity contribution >= 4 is 27.7 Å². The Kier molecular flexibility index (Phi) is 8.91. The number of carbonyl (C=O) groups excluding carboxylic acids is 1. The number of methoxy groups -OCH3 is 2. The Morgan fingerprint density at radius 3 is 1.55 bits per heavy atom. The van der Waals surface area contributed by atoms with Crippen LogP contribution in [0.1, 0.15) is 31.8 Å². The van der Waals surface area contributed by atoms with Gasteiger partial charge in [0.2, 0.25) is 0 Å². The van der Waals surface area contributed by atoms with E-state index in [4.69, 9.17) is 9.84 Å². The van der Waals surface area contributed by atoms with Crippen molar-refractivity contribution in [2.24, 2.45) is 0 Å². The normalized spacial score (nSPS) is 11.3. The van der Waals surface area contributed by atoms with Gasteiger partial charge in [0.25, 0.3) is 0 Å². The highest BCUT2D eigenvalue weighted by Gasteiger charge is 2.36. The Morgan fingerprint density at radius 2 is 1.23 bits per heavy atom. The van der Waals surface area contributed by atoms with Gasteiger partial charge in [0, 0.05) is 5.56 Å². The molecule has 2 aromatic carbocycles. The molecule has 0 aliphatic rings. The minimum atomic E-state index is -4.71. The van der Waals surface area contributed by atoms with Crippen molar-refractivity contribution in [2.45, 2.75) is 12.4 Å². The van der Waals surface area contributed by atoms with Gasteiger partial charge >= 0.3 is 18.3 Å². The van der Waals surface area contributed by atoms with Crippen LogP contribution >= 0.6 is 15.9 Å². The van der Waals surface area contributed by atoms with E-state index in [-0.39, 0.29) is 22.4 Å². The second-order valence-corrected chi connectivity index (χ2v) is 6.24. The van der Waals surface area contributed by atoms with E-state index in [9.17, 15) is 35.9 Å². The molecule has 0 spiro atoms. The van der Waals surface area contributed by atoms with E-state index in [2.05, 4.69) is 20.7 Å². The van der Waals surface area contributed by atoms with Gasteiger partial charge < -0.3 is 14.6 Å². The SMILES string of the molecule is COc1ccc(C(=O)CBr)c(C(F)(F)F)c1.COc1ccc(C(=O)O)c(C(F)(F)F)c1. The van der Waals surface area contributed by atoms with E-state index in [1.54, 1.807) is 0 Å². The fraction of sp³-hybridized carbons (Fsp3) is 0.263. The molecule has 0 aliphatic heterocycles. The first kappa shape index (κ1) is 26.3. The molecule has 0 saturated heterocycles. The number of benzene rings is 2. The molecule has 0 aliphatic carbocycles. The van der Waals surface area contributed by atoms with Crippen molar-refractivity contribution in [1.29, 1.82) is 0 Å². The van der Waals surface area contributed by atoms with Gasteiger partial charge in [0.15, 0.2) is 5.78 Å². The van der Waals surface area contributed by atoms with Crippen molar-refractivity contribution in [3.63, 3.8) is 0 Å². The summed E-state index contributed by atoms with van der Waals surface area (Å²) in [7, 11) is 2.47. The standard InChI is InChI=1S/C10H8BrF3O2.C9H7F3O3/c1-16-6-2-3-7(9(15)5-11)8(4-6)10(12,13)14;1-15-5-2-3-6(8(13)14)7(4-5)9(10,11)12/h2-4H,5H2,1H3;2-4H,1H3,(H,13,14). The van der Waals surface area contributed by atoms with Crippen LogP contribution in [-0.2, 0) is 12.4 Å². The fourth-order valence-corrected chi connectivity index (χ4v) is 2.57. The van der Waals surface area contributed by atoms with Gasteiger partial charge in [0.1, 0.15) is 11.5 Å². The Morgan fingerprint density at radius 1 is 0.839 bits per heavy atom. The molecule has 0 aromatic heterocycles. The quantitative estimate of drug-likeness (QED) is 0.313. The fourth-order valence-electron chi connectivity index (χ4n) is 2.27. The number of aromatic carboxylic acids is 1. The lowest BCUT2D eigenvalue weighted by Crippen LogP contribution is -2.14. The number of carboxylic acid groups (broad SMARTS) is 1. The summed E-state index contributed by atoms with van der Waals surface area (Å²) >= 11 is 2.84. The van der Waals surface area contributed by atoms with Crippen LogP contribution in [0, 0.1) is 0 Å². The van der Waals surface area contributed by atoms with Gasteiger partial charge in [-0.1, -0.05) is 15.9 Å². The third-order valence-corrected chi connectivity index (χ3v) is 4.23. The predicted octanol–water partition coefficient (Wildman–Crippen LogP) is 5.70. The molecule has 2 rings (SSSR count). The highest BCUT2D eigenvalue weighted by Crippen LogP contribution is 2.35. The summed E-state index contributed by atoms with van der Waals surface area (Å²) in [6.45, 7) is 0. The van der Waals surface area contributed by atoms with Crippen LogP contribution in [0.5, 0.6) is 11.5 Å². The van der Waals surface area contributed by atoms with Crippen LogP contribution in [0.25, 0.3) is 0 Å². The monoisotopic (exact) mass is 516 g/mol. The minimum Gasteiger partial charge on any atom is -0.497 e. The van der Waals surface area contributed by atoms with Crippen LogP contribution < -0.4 is 9.47 Å². The van der Waals surface area contributed by atoms with Crippen LogP contribution in [-0.4, -0.2) is 36.4 Å². The molecule has 2 aromatic rings. The summed E-state index contributed by atoms with van der Waals surface area (Å²) < 4.78 is 84.4. The topological polar surface area (TPSA) is 72.8 Å². The van der Waals surface area contributed by atoms with Gasteiger partial charge in [-0.15, -0.1) is 0 Å². The second-order valence-electron chi connectivity index (χ2n) is 5.68. The van der Waals surface area contributed by atoms with Gasteiger partial charge in [0.05, 0.1) is 36.2 Å². The van der Waals surface area contributed by atoms with Gasteiger partial charge in [-0.2, -0.15) is 26.3 Å². The number of Topliss-reactive ketones (excluding diaryl/α,β-unsaturated/α-hetero) is 1. The van der Waals surface area contributed by atoms with Crippen molar-refractivity contribution in [1.82, 2.24) is 0 Å². The molecule has 0 atom stereocenters. The average Bonchev–Trinajstić information content (AvgIpc) is 2.71. The number of hydrogen-bond acceptors (Lipinski definition) is 4. The van der Waals surface area contributed by atoms with E-state index in [0.29, 0.717) is 6.07 Å². The number of carbonyl (C=O) groups is 2. The van der Waals surface area contributed by atoms with Gasteiger partial charge in [-0.25, -0.2) is 4.79 Å². The Labute approximate surface area is 180 Å². The molecule has 31 heavy (non-hydrogen) atoms. The lowest BCUT2D eigenvalue weighted by atomic mass is 10.0. The van der Waals surface area contributed by atoms with Gasteiger partial charge in [-0.3, -0.25) is 4.79 Å². The summed E-state index contributed by atoms with van der Waals surface area (Å²) in [5.74, 6) is -2.20. The third kappa shape index (κ3) is 7.16. The zero-order valence-corrected chi connectivity index (χ0v) is 17.5. The lowest BCUT2D eigenvalue weighted by Gasteiger charge is -2.12. The maximum absolute atomic E-state index is 12.6. The first-order chi connectivity index (χ1) is 14.3. The molecule has 0 fully saturated rings. The number of ketones is 1. The summed E-state index contributed by atoms with van der Waals surface area (Å²) in [5, 5.41) is 8.40. The number of rotatable bonds is 5. The van der Waals surface area contributed by atoms with E-state index in [0.717, 1.165) is 18.2 Å². The highest BCUT2D eigenvalue weighted by atomic mass is 79.9. The van der Waals surface area contributed by atoms with E-state index >= 15 is 0 Å². The van der Waals surface area contributed by atoms with Crippen LogP contribution in [0.3, 0.4) is 0 Å². The van der Waals surface area contributed by atoms with Crippen molar-refractivity contribution < 1.29 is 50.5 Å². The maximum Gasteiger partial charge on any atom is 0.417 e. The number of carboxylic acids is 1. The molecule has 0 saturated carbocycles. The van der Waals surface area contributed by atoms with Gasteiger partial charge in [-0.05, 0) is 36.4 Å². The van der Waals surface area contributed by atoms with E-state index < -0.39 is 40.8 Å². The summed E-state index contributed by atoms with van der Waals surface area (Å²) in [6, 6.07) is 5.94. The smallest absolute Gasteiger partial charge is 0.417 e. The zero-order valence-electron chi connectivity index (χ0n) is 15.9. The van der Waals surface area contributed by atoms with Crippen molar-refractivity contribution in [3.8, 4) is 11.5 Å². The van der Waals surface area contributed by atoms with Crippen molar-refractivity contribution in [2.75, 3.05) is 19.5 Å². The number of ether oxygens (including phenoxy) is 2. The largest absolute Gasteiger partial charge is 0.497 e. The molecular formula is C19H15BrF6O5. The molecule has 0 bridgehead atoms. The molecule has 170 valence electrons. The minimum absolute atomic E-state index is 0.0349. The molecule has 0 heterocycles. The number of halogens is 7. The molecule has 1 N–H and O–H groups in total. The first-order valence-electron chi connectivity index (χ1n) is 8.09. The molecule has 12 heteroatoms. The number of hydrogen-bond donors (Lipinski definition) is 1. The molecular weight excluding hydrogens is 502 g/mol. The zero-order chi connectivity index (χ0) is 24.0. The predicted molar refractivity (Wildman–Crippen MR) is 101 cm³/mol. The first-order valence-corrected chi connectivity index (χ1v) is 9.21. The maximum atomic E-state index is 12.6. The second kappa shape index (κ2) is 10.5. The van der Waals surface area contributed by atoms with E-state index in [1.165, 1.54) is 26.4 Å². The Hall–Kier alpha value is -2.76. The summed E-state index contributed by atoms with van der Waals surface area (Å²) in [6.07, 6.45) is -9.27. The molecule has 0 amide bonds. The highest BCUT2D eigenvalue weighted by molar-refractivity contribution is 9.09. The van der Waals surface area contributed by atoms with Crippen LogP contribution in [0.15, 0.2) is 36.4 Å². The molecule has 5 nitrogen and oxygen atoms in total. The van der Waals surface area contributed by atoms with E-state index in [1.807, 2.05) is 0 Å². The molecule has 0 radical (unpaired) electrons. The third-order valence-electron chi connectivity index (χ3n) is 3.72. The Bertz CT molecular complexity index is 940.